The average molecular weight is 469 g/mol. The van der Waals surface area contributed by atoms with Crippen LogP contribution < -0.4 is 5.32 Å². The van der Waals surface area contributed by atoms with Crippen LogP contribution in [-0.4, -0.2) is 46.0 Å². The zero-order valence-corrected chi connectivity index (χ0v) is 19.5. The van der Waals surface area contributed by atoms with Crippen molar-refractivity contribution in [3.63, 3.8) is 0 Å². The molecule has 0 saturated heterocycles. The lowest BCUT2D eigenvalue weighted by Crippen LogP contribution is -2.50. The molecule has 3 aliphatic rings. The van der Waals surface area contributed by atoms with Crippen LogP contribution in [0.2, 0.25) is 0 Å². The van der Waals surface area contributed by atoms with Crippen LogP contribution in [0.4, 0.5) is 4.79 Å². The second-order valence-electron chi connectivity index (χ2n) is 8.78. The van der Waals surface area contributed by atoms with Crippen LogP contribution >= 0.6 is 11.8 Å². The van der Waals surface area contributed by atoms with Gasteiger partial charge in [0.1, 0.15) is 0 Å². The predicted molar refractivity (Wildman–Crippen MR) is 122 cm³/mol. The first-order valence-corrected chi connectivity index (χ1v) is 12.6. The number of rotatable bonds is 7. The summed E-state index contributed by atoms with van der Waals surface area (Å²) in [6, 6.07) is 8.83. The van der Waals surface area contributed by atoms with Crippen molar-refractivity contribution in [2.45, 2.75) is 68.2 Å². The number of thioether (sulfide) groups is 1. The standard InChI is InChI=1S/C24H28N4O4S/c1-31-22(29)19-18(14-33-24-27-26-21(32-24)16-10-6-3-7-11-16)28(17-12-13-17)23(30)25-20(19)15-8-4-2-5-9-15/h2,4-5,8-9,16-17,20H,3,6-7,10-14H2,1H3,(H,25,30). The number of hydrogen-bond donors (Lipinski definition) is 1. The van der Waals surface area contributed by atoms with E-state index in [1.165, 1.54) is 38.1 Å². The number of methoxy groups -OCH3 is 1. The maximum Gasteiger partial charge on any atom is 0.338 e. The summed E-state index contributed by atoms with van der Waals surface area (Å²) in [6.07, 6.45) is 7.64. The number of nitrogens with one attached hydrogen (secondary N) is 1. The number of carbonyl (C=O) groups excluding carboxylic acids is 2. The fourth-order valence-electron chi connectivity index (χ4n) is 4.71. The fourth-order valence-corrected chi connectivity index (χ4v) is 5.51. The highest BCUT2D eigenvalue weighted by molar-refractivity contribution is 7.99. The molecule has 0 spiro atoms. The lowest BCUT2D eigenvalue weighted by molar-refractivity contribution is -0.136. The van der Waals surface area contributed by atoms with E-state index in [1.54, 1.807) is 4.90 Å². The maximum absolute atomic E-state index is 13.1. The van der Waals surface area contributed by atoms with Gasteiger partial charge in [-0.2, -0.15) is 0 Å². The van der Waals surface area contributed by atoms with Crippen LogP contribution in [0.5, 0.6) is 0 Å². The van der Waals surface area contributed by atoms with Gasteiger partial charge in [-0.1, -0.05) is 61.4 Å². The molecule has 1 N–H and O–H groups in total. The molecule has 1 aromatic carbocycles. The molecular weight excluding hydrogens is 440 g/mol. The number of urea groups is 1. The second-order valence-corrected chi connectivity index (χ2v) is 9.70. The smallest absolute Gasteiger partial charge is 0.338 e. The molecule has 33 heavy (non-hydrogen) atoms. The van der Waals surface area contributed by atoms with Gasteiger partial charge in [-0.25, -0.2) is 9.59 Å². The van der Waals surface area contributed by atoms with E-state index in [0.717, 1.165) is 31.2 Å². The molecule has 1 aliphatic heterocycles. The third-order valence-electron chi connectivity index (χ3n) is 6.54. The minimum Gasteiger partial charge on any atom is -0.466 e. The van der Waals surface area contributed by atoms with Crippen molar-refractivity contribution < 1.29 is 18.7 Å². The van der Waals surface area contributed by atoms with Gasteiger partial charge in [-0.3, -0.25) is 4.90 Å². The Morgan fingerprint density at radius 1 is 1.15 bits per heavy atom. The van der Waals surface area contributed by atoms with E-state index in [4.69, 9.17) is 9.15 Å². The van der Waals surface area contributed by atoms with Gasteiger partial charge in [-0.05, 0) is 31.2 Å². The van der Waals surface area contributed by atoms with E-state index in [2.05, 4.69) is 15.5 Å². The quantitative estimate of drug-likeness (QED) is 0.470. The number of ether oxygens (including phenoxy) is 1. The largest absolute Gasteiger partial charge is 0.466 e. The first-order valence-electron chi connectivity index (χ1n) is 11.6. The Labute approximate surface area is 197 Å². The molecule has 8 nitrogen and oxygen atoms in total. The molecule has 174 valence electrons. The molecule has 2 aromatic rings. The van der Waals surface area contributed by atoms with Gasteiger partial charge >= 0.3 is 12.0 Å². The van der Waals surface area contributed by atoms with E-state index in [0.29, 0.717) is 34.1 Å². The molecule has 2 heterocycles. The highest BCUT2D eigenvalue weighted by Crippen LogP contribution is 2.40. The fraction of sp³-hybridized carbons (Fsp3) is 0.500. The van der Waals surface area contributed by atoms with Crippen molar-refractivity contribution in [3.8, 4) is 0 Å². The molecule has 1 aromatic heterocycles. The van der Waals surface area contributed by atoms with E-state index in [1.807, 2.05) is 30.3 Å². The number of carbonyl (C=O) groups is 2. The Bertz CT molecular complexity index is 1040. The average Bonchev–Trinajstić information content (AvgIpc) is 3.58. The molecule has 1 atom stereocenters. The minimum absolute atomic E-state index is 0.0949. The van der Waals surface area contributed by atoms with Crippen LogP contribution in [0.15, 0.2) is 51.2 Å². The Balaban J connectivity index is 1.45. The lowest BCUT2D eigenvalue weighted by Gasteiger charge is -2.36. The summed E-state index contributed by atoms with van der Waals surface area (Å²) in [5, 5.41) is 12.0. The maximum atomic E-state index is 13.1. The second kappa shape index (κ2) is 9.59. The van der Waals surface area contributed by atoms with Crippen molar-refractivity contribution in [2.75, 3.05) is 12.9 Å². The summed E-state index contributed by atoms with van der Waals surface area (Å²) < 4.78 is 11.1. The monoisotopic (exact) mass is 468 g/mol. The minimum atomic E-state index is -0.572. The van der Waals surface area contributed by atoms with Crippen LogP contribution in [0.3, 0.4) is 0 Å². The molecule has 1 unspecified atom stereocenters. The summed E-state index contributed by atoms with van der Waals surface area (Å²) in [7, 11) is 1.37. The van der Waals surface area contributed by atoms with Crippen LogP contribution in [0.1, 0.15) is 68.4 Å². The summed E-state index contributed by atoms with van der Waals surface area (Å²) in [5.41, 5.74) is 1.95. The highest BCUT2D eigenvalue weighted by atomic mass is 32.2. The van der Waals surface area contributed by atoms with Gasteiger partial charge < -0.3 is 14.5 Å². The van der Waals surface area contributed by atoms with Gasteiger partial charge in [0.2, 0.25) is 5.89 Å². The van der Waals surface area contributed by atoms with Gasteiger partial charge in [0.15, 0.2) is 0 Å². The van der Waals surface area contributed by atoms with Crippen molar-refractivity contribution in [2.24, 2.45) is 0 Å². The van der Waals surface area contributed by atoms with Gasteiger partial charge in [0.05, 0.1) is 18.7 Å². The van der Waals surface area contributed by atoms with Crippen LogP contribution in [-0.2, 0) is 9.53 Å². The summed E-state index contributed by atoms with van der Waals surface area (Å²) in [4.78, 5) is 27.8. The summed E-state index contributed by atoms with van der Waals surface area (Å²) in [6.45, 7) is 0. The molecule has 2 aliphatic carbocycles. The van der Waals surface area contributed by atoms with Crippen molar-refractivity contribution >= 4 is 23.8 Å². The number of esters is 1. The molecule has 5 rings (SSSR count). The number of aromatic nitrogens is 2. The van der Waals surface area contributed by atoms with Crippen LogP contribution in [0, 0.1) is 0 Å². The Morgan fingerprint density at radius 2 is 1.91 bits per heavy atom. The third kappa shape index (κ3) is 4.64. The lowest BCUT2D eigenvalue weighted by atomic mass is 9.89. The number of amides is 2. The molecule has 0 radical (unpaired) electrons. The van der Waals surface area contributed by atoms with Crippen molar-refractivity contribution in [1.82, 2.24) is 20.4 Å². The third-order valence-corrected chi connectivity index (χ3v) is 7.37. The molecule has 0 bridgehead atoms. The van der Waals surface area contributed by atoms with Crippen LogP contribution in [0.25, 0.3) is 0 Å². The van der Waals surface area contributed by atoms with Gasteiger partial charge in [0.25, 0.3) is 5.22 Å². The molecule has 9 heteroatoms. The number of hydrogen-bond acceptors (Lipinski definition) is 7. The molecule has 2 amide bonds. The van der Waals surface area contributed by atoms with Gasteiger partial charge in [-0.15, -0.1) is 10.2 Å². The summed E-state index contributed by atoms with van der Waals surface area (Å²) in [5.74, 6) is 0.945. The van der Waals surface area contributed by atoms with E-state index >= 15 is 0 Å². The van der Waals surface area contributed by atoms with E-state index in [-0.39, 0.29) is 12.1 Å². The van der Waals surface area contributed by atoms with Crippen molar-refractivity contribution in [3.05, 3.63) is 53.1 Å². The topological polar surface area (TPSA) is 97.6 Å². The van der Waals surface area contributed by atoms with E-state index in [9.17, 15) is 9.59 Å². The molecular formula is C24H28N4O4S. The predicted octanol–water partition coefficient (Wildman–Crippen LogP) is 4.57. The zero-order valence-electron chi connectivity index (χ0n) is 18.7. The zero-order chi connectivity index (χ0) is 22.8. The van der Waals surface area contributed by atoms with Crippen molar-refractivity contribution in [1.29, 1.82) is 0 Å². The van der Waals surface area contributed by atoms with E-state index < -0.39 is 12.0 Å². The summed E-state index contributed by atoms with van der Waals surface area (Å²) >= 11 is 1.36. The molecule has 2 fully saturated rings. The Morgan fingerprint density at radius 3 is 2.61 bits per heavy atom. The molecule has 2 saturated carbocycles. The highest BCUT2D eigenvalue weighted by Gasteiger charge is 2.44. The first kappa shape index (κ1) is 22.0. The number of benzene rings is 1. The Kier molecular flexibility index (Phi) is 6.39. The Hall–Kier alpha value is -2.81. The first-order chi connectivity index (χ1) is 16.2. The normalized spacial score (nSPS) is 21.8. The van der Waals surface area contributed by atoms with Gasteiger partial charge in [0, 0.05) is 23.4 Å². The number of nitrogens with zero attached hydrogens (tertiary/aromatic N) is 3. The SMILES string of the molecule is COC(=O)C1=C(CSc2nnc(C3CCCCC3)o2)N(C2CC2)C(=O)NC1c1ccccc1.